The summed E-state index contributed by atoms with van der Waals surface area (Å²) < 4.78 is 0. The lowest BCUT2D eigenvalue weighted by Gasteiger charge is -2.24. The molecule has 1 unspecified atom stereocenters. The van der Waals surface area contributed by atoms with Crippen LogP contribution in [-0.2, 0) is 16.1 Å². The van der Waals surface area contributed by atoms with Gasteiger partial charge in [-0.25, -0.2) is 0 Å². The van der Waals surface area contributed by atoms with Crippen LogP contribution in [0.1, 0.15) is 38.9 Å². The van der Waals surface area contributed by atoms with E-state index in [2.05, 4.69) is 4.98 Å². The Kier molecular flexibility index (Phi) is 5.26. The number of aliphatic hydroxyl groups excluding tert-OH is 1. The lowest BCUT2D eigenvalue weighted by Crippen LogP contribution is -2.29. The minimum atomic E-state index is -0.667. The largest absolute Gasteiger partial charge is 0.507 e. The molecule has 1 aromatic carbocycles. The van der Waals surface area contributed by atoms with Crippen molar-refractivity contribution in [3.63, 3.8) is 0 Å². The molecule has 0 saturated carbocycles. The van der Waals surface area contributed by atoms with Crippen LogP contribution in [-0.4, -0.2) is 26.7 Å². The number of nitrogens with zero attached hydrogens (tertiary/aromatic N) is 2. The molecule has 152 valence electrons. The second kappa shape index (κ2) is 7.88. The number of pyridine rings is 1. The maximum absolute atomic E-state index is 13.1. The minimum absolute atomic E-state index is 0.129. The van der Waals surface area contributed by atoms with Crippen molar-refractivity contribution in [1.29, 1.82) is 0 Å². The molecule has 0 spiro atoms. The van der Waals surface area contributed by atoms with Crippen LogP contribution in [0.2, 0.25) is 0 Å². The number of aliphatic hydroxyl groups is 1. The summed E-state index contributed by atoms with van der Waals surface area (Å²) in [6, 6.07) is 12.3. The van der Waals surface area contributed by atoms with E-state index in [9.17, 15) is 14.7 Å². The Morgan fingerprint density at radius 1 is 1.07 bits per heavy atom. The molecule has 1 amide bonds. The van der Waals surface area contributed by atoms with Gasteiger partial charge in [0.05, 0.1) is 17.8 Å². The highest BCUT2D eigenvalue weighted by atomic mass is 32.1. The van der Waals surface area contributed by atoms with E-state index >= 15 is 0 Å². The van der Waals surface area contributed by atoms with Crippen molar-refractivity contribution in [3.05, 3.63) is 92.4 Å². The van der Waals surface area contributed by atoms with Crippen molar-refractivity contribution in [2.75, 3.05) is 0 Å². The maximum Gasteiger partial charge on any atom is 0.296 e. The Balaban J connectivity index is 1.87. The number of carbonyl (C=O) groups excluding carboxylic acids is 2. The second-order valence-corrected chi connectivity index (χ2v) is 8.46. The highest BCUT2D eigenvalue weighted by Gasteiger charge is 2.47. The Bertz CT molecular complexity index is 1160. The molecule has 30 heavy (non-hydrogen) atoms. The van der Waals surface area contributed by atoms with Crippen LogP contribution < -0.4 is 0 Å². The van der Waals surface area contributed by atoms with Gasteiger partial charge < -0.3 is 10.0 Å². The number of hydrogen-bond acceptors (Lipinski definition) is 5. The summed E-state index contributed by atoms with van der Waals surface area (Å²) in [5.74, 6) is -1.43. The number of thiophene rings is 1. The summed E-state index contributed by atoms with van der Waals surface area (Å²) in [6.07, 6.45) is 1.66. The fourth-order valence-electron chi connectivity index (χ4n) is 3.69. The topological polar surface area (TPSA) is 70.5 Å². The Morgan fingerprint density at radius 3 is 2.50 bits per heavy atom. The predicted octanol–water partition coefficient (Wildman–Crippen LogP) is 4.69. The summed E-state index contributed by atoms with van der Waals surface area (Å²) in [6.45, 7) is 6.08. The van der Waals surface area contributed by atoms with Gasteiger partial charge in [0.2, 0.25) is 0 Å². The first-order chi connectivity index (χ1) is 14.4. The predicted molar refractivity (Wildman–Crippen MR) is 117 cm³/mol. The van der Waals surface area contributed by atoms with Crippen LogP contribution in [0.5, 0.6) is 0 Å². The van der Waals surface area contributed by atoms with E-state index in [-0.39, 0.29) is 17.9 Å². The Morgan fingerprint density at radius 2 is 1.87 bits per heavy atom. The van der Waals surface area contributed by atoms with E-state index in [0.717, 1.165) is 21.6 Å². The zero-order valence-corrected chi connectivity index (χ0v) is 17.9. The van der Waals surface area contributed by atoms with E-state index in [0.29, 0.717) is 11.3 Å². The van der Waals surface area contributed by atoms with E-state index < -0.39 is 17.7 Å². The van der Waals surface area contributed by atoms with Crippen molar-refractivity contribution >= 4 is 28.8 Å². The molecule has 4 rings (SSSR count). The van der Waals surface area contributed by atoms with Crippen LogP contribution in [0.4, 0.5) is 0 Å². The number of aromatic nitrogens is 1. The van der Waals surface area contributed by atoms with Gasteiger partial charge in [0.1, 0.15) is 11.8 Å². The number of hydrogen-bond donors (Lipinski definition) is 1. The zero-order valence-electron chi connectivity index (χ0n) is 17.0. The van der Waals surface area contributed by atoms with Gasteiger partial charge in [-0.05, 0) is 67.1 Å². The number of ketones is 1. The van der Waals surface area contributed by atoms with E-state index in [1.54, 1.807) is 18.3 Å². The molecule has 0 bridgehead atoms. The number of Topliss-reactive ketones (excluding diaryl/α,β-unsaturated/α-hetero) is 1. The summed E-state index contributed by atoms with van der Waals surface area (Å²) >= 11 is 1.48. The normalized spacial score (nSPS) is 18.2. The summed E-state index contributed by atoms with van der Waals surface area (Å²) in [5.41, 5.74) is 4.42. The van der Waals surface area contributed by atoms with Gasteiger partial charge in [-0.1, -0.05) is 18.2 Å². The van der Waals surface area contributed by atoms with Crippen LogP contribution in [0.15, 0.2) is 59.6 Å². The molecule has 1 aliphatic rings. The molecule has 1 aliphatic heterocycles. The highest BCUT2D eigenvalue weighted by molar-refractivity contribution is 7.10. The molecule has 1 atom stereocenters. The molecule has 2 aromatic heterocycles. The van der Waals surface area contributed by atoms with Crippen LogP contribution >= 0.6 is 11.3 Å². The minimum Gasteiger partial charge on any atom is -0.507 e. The number of carbonyl (C=O) groups is 2. The standard InChI is InChI=1S/C24H22N2O3S/c1-14-7-8-17(12-16(14)3)21(27)19-20(23-15(2)9-11-30-23)26(24(29)22(19)28)13-18-6-4-5-10-25-18/h4-12,20,27H,13H2,1-3H3/b21-19-. The Labute approximate surface area is 179 Å². The van der Waals surface area contributed by atoms with Gasteiger partial charge in [0.25, 0.3) is 11.7 Å². The lowest BCUT2D eigenvalue weighted by molar-refractivity contribution is -0.140. The average Bonchev–Trinajstić information content (AvgIpc) is 3.26. The molecule has 6 heteroatoms. The fraction of sp³-hybridized carbons (Fsp3) is 0.208. The van der Waals surface area contributed by atoms with Gasteiger partial charge in [-0.2, -0.15) is 0 Å². The third-order valence-corrected chi connectivity index (χ3v) is 6.60. The van der Waals surface area contributed by atoms with Crippen molar-refractivity contribution in [2.45, 2.75) is 33.4 Å². The average molecular weight is 419 g/mol. The first-order valence-corrected chi connectivity index (χ1v) is 10.6. The Hall–Kier alpha value is -3.25. The van der Waals surface area contributed by atoms with Gasteiger partial charge in [-0.3, -0.25) is 14.6 Å². The first kappa shape index (κ1) is 20.0. The van der Waals surface area contributed by atoms with Gasteiger partial charge >= 0.3 is 0 Å². The lowest BCUT2D eigenvalue weighted by atomic mass is 9.96. The van der Waals surface area contributed by atoms with Crippen LogP contribution in [0.3, 0.4) is 0 Å². The van der Waals surface area contributed by atoms with Crippen molar-refractivity contribution in [1.82, 2.24) is 9.88 Å². The SMILES string of the molecule is Cc1ccc(/C(O)=C2/C(=O)C(=O)N(Cc3ccccn3)C2c2sccc2C)cc1C. The molecular weight excluding hydrogens is 396 g/mol. The molecule has 3 aromatic rings. The maximum atomic E-state index is 13.1. The molecule has 1 saturated heterocycles. The molecule has 1 fully saturated rings. The van der Waals surface area contributed by atoms with Gasteiger partial charge in [0.15, 0.2) is 0 Å². The molecule has 5 nitrogen and oxygen atoms in total. The van der Waals surface area contributed by atoms with Crippen molar-refractivity contribution in [3.8, 4) is 0 Å². The van der Waals surface area contributed by atoms with E-state index in [1.807, 2.05) is 56.5 Å². The number of likely N-dealkylation sites (tertiary alicyclic amines) is 1. The molecule has 1 N–H and O–H groups in total. The third kappa shape index (κ3) is 3.44. The van der Waals surface area contributed by atoms with Gasteiger partial charge in [0, 0.05) is 16.6 Å². The summed E-state index contributed by atoms with van der Waals surface area (Å²) in [5, 5.41) is 13.1. The molecule has 3 heterocycles. The smallest absolute Gasteiger partial charge is 0.296 e. The molecule has 0 radical (unpaired) electrons. The number of benzene rings is 1. The number of amides is 1. The molecular formula is C24H22N2O3S. The van der Waals surface area contributed by atoms with E-state index in [4.69, 9.17) is 0 Å². The van der Waals surface area contributed by atoms with E-state index in [1.165, 1.54) is 16.2 Å². The number of rotatable bonds is 4. The summed E-state index contributed by atoms with van der Waals surface area (Å²) in [4.78, 5) is 32.8. The quantitative estimate of drug-likeness (QED) is 0.379. The highest BCUT2D eigenvalue weighted by Crippen LogP contribution is 2.43. The van der Waals surface area contributed by atoms with Gasteiger partial charge in [-0.15, -0.1) is 11.3 Å². The van der Waals surface area contributed by atoms with Crippen LogP contribution in [0.25, 0.3) is 5.76 Å². The zero-order chi connectivity index (χ0) is 21.4. The summed E-state index contributed by atoms with van der Waals surface area (Å²) in [7, 11) is 0. The second-order valence-electron chi connectivity index (χ2n) is 7.51. The third-order valence-electron chi connectivity index (χ3n) is 5.53. The number of aryl methyl sites for hydroxylation is 3. The van der Waals surface area contributed by atoms with Crippen molar-refractivity contribution in [2.24, 2.45) is 0 Å². The van der Waals surface area contributed by atoms with Crippen molar-refractivity contribution < 1.29 is 14.7 Å². The first-order valence-electron chi connectivity index (χ1n) is 9.68. The monoisotopic (exact) mass is 418 g/mol. The van der Waals surface area contributed by atoms with Crippen LogP contribution in [0, 0.1) is 20.8 Å². The molecule has 0 aliphatic carbocycles. The fourth-order valence-corrected chi connectivity index (χ4v) is 4.74.